The molecule has 1 heterocycles. The maximum atomic E-state index is 12.5. The van der Waals surface area contributed by atoms with Crippen molar-refractivity contribution in [2.75, 3.05) is 4.90 Å². The molecular weight excluding hydrogens is 374 g/mol. The summed E-state index contributed by atoms with van der Waals surface area (Å²) in [4.78, 5) is 27.9. The van der Waals surface area contributed by atoms with E-state index in [9.17, 15) is 9.59 Å². The van der Waals surface area contributed by atoms with E-state index in [1.54, 1.807) is 11.1 Å². The van der Waals surface area contributed by atoms with E-state index in [0.717, 1.165) is 15.1 Å². The Morgan fingerprint density at radius 2 is 2.00 bits per heavy atom. The van der Waals surface area contributed by atoms with E-state index in [0.29, 0.717) is 16.9 Å². The van der Waals surface area contributed by atoms with Crippen LogP contribution in [0.5, 0.6) is 0 Å². The highest BCUT2D eigenvalue weighted by molar-refractivity contribution is 9.10. The predicted molar refractivity (Wildman–Crippen MR) is 96.6 cm³/mol. The number of carbonyl (C=O) groups excluding carboxylic acids is 2. The van der Waals surface area contributed by atoms with E-state index in [1.807, 2.05) is 55.5 Å². The molecule has 0 radical (unpaired) electrons. The topological polar surface area (TPSA) is 37.4 Å². The molecule has 0 aliphatic carbocycles. The lowest BCUT2D eigenvalue weighted by atomic mass is 10.1. The molecule has 1 amide bonds. The first-order valence-corrected chi connectivity index (χ1v) is 8.82. The lowest BCUT2D eigenvalue weighted by Crippen LogP contribution is -2.25. The molecule has 1 aliphatic heterocycles. The summed E-state index contributed by atoms with van der Waals surface area (Å²) < 4.78 is 0.885. The van der Waals surface area contributed by atoms with Crippen molar-refractivity contribution in [3.63, 3.8) is 0 Å². The summed E-state index contributed by atoms with van der Waals surface area (Å²) in [5, 5.41) is 0. The molecule has 0 saturated carbocycles. The number of anilines is 1. The van der Waals surface area contributed by atoms with Gasteiger partial charge in [-0.3, -0.25) is 14.5 Å². The van der Waals surface area contributed by atoms with Crippen molar-refractivity contribution in [2.24, 2.45) is 0 Å². The van der Waals surface area contributed by atoms with E-state index >= 15 is 0 Å². The fraction of sp³-hybridized carbons (Fsp3) is 0.111. The van der Waals surface area contributed by atoms with Gasteiger partial charge in [-0.05, 0) is 30.3 Å². The van der Waals surface area contributed by atoms with Crippen LogP contribution < -0.4 is 4.90 Å². The Balaban J connectivity index is 2.00. The summed E-state index contributed by atoms with van der Waals surface area (Å²) in [7, 11) is 0. The standard InChI is InChI=1S/C18H14BrNO2S/c1-2-17(21)20(13-7-5-6-12(19)10-13)11-16-18(22)14-8-3-4-9-15(14)23-16/h3-11H,2H2,1H3. The third-order valence-corrected chi connectivity index (χ3v) is 5.06. The van der Waals surface area contributed by atoms with E-state index < -0.39 is 0 Å². The number of rotatable bonds is 3. The third-order valence-electron chi connectivity index (χ3n) is 3.48. The molecule has 2 aromatic rings. The van der Waals surface area contributed by atoms with Crippen LogP contribution >= 0.6 is 27.7 Å². The maximum Gasteiger partial charge on any atom is 0.230 e. The van der Waals surface area contributed by atoms with Gasteiger partial charge in [-0.15, -0.1) is 0 Å². The SMILES string of the molecule is CCC(=O)N(C=C1Sc2ccccc2C1=O)c1cccc(Br)c1. The van der Waals surface area contributed by atoms with Crippen LogP contribution in [-0.2, 0) is 4.79 Å². The Labute approximate surface area is 147 Å². The van der Waals surface area contributed by atoms with Gasteiger partial charge in [-0.1, -0.05) is 52.8 Å². The first kappa shape index (κ1) is 16.0. The molecule has 2 aromatic carbocycles. The van der Waals surface area contributed by atoms with Crippen molar-refractivity contribution in [3.8, 4) is 0 Å². The zero-order valence-electron chi connectivity index (χ0n) is 12.5. The average molecular weight is 388 g/mol. The Morgan fingerprint density at radius 3 is 2.70 bits per heavy atom. The number of allylic oxidation sites excluding steroid dienone is 1. The fourth-order valence-corrected chi connectivity index (χ4v) is 3.73. The number of fused-ring (bicyclic) bond motifs is 1. The van der Waals surface area contributed by atoms with Gasteiger partial charge in [0.25, 0.3) is 0 Å². The maximum absolute atomic E-state index is 12.5. The first-order chi connectivity index (χ1) is 11.1. The van der Waals surface area contributed by atoms with Crippen molar-refractivity contribution in [1.29, 1.82) is 0 Å². The molecule has 0 spiro atoms. The summed E-state index contributed by atoms with van der Waals surface area (Å²) in [5.74, 6) is -0.0885. The van der Waals surface area contributed by atoms with Gasteiger partial charge in [0.15, 0.2) is 0 Å². The van der Waals surface area contributed by atoms with E-state index in [1.165, 1.54) is 11.8 Å². The number of halogens is 1. The third kappa shape index (κ3) is 3.26. The van der Waals surface area contributed by atoms with Gasteiger partial charge in [0, 0.05) is 33.2 Å². The molecule has 5 heteroatoms. The molecule has 0 N–H and O–H groups in total. The van der Waals surface area contributed by atoms with Gasteiger partial charge in [0.2, 0.25) is 11.7 Å². The quantitative estimate of drug-likeness (QED) is 0.693. The number of carbonyl (C=O) groups is 2. The predicted octanol–water partition coefficient (Wildman–Crippen LogP) is 5.02. The van der Waals surface area contributed by atoms with Gasteiger partial charge in [0.05, 0.1) is 4.91 Å². The summed E-state index contributed by atoms with van der Waals surface area (Å²) in [6.45, 7) is 1.81. The molecule has 0 fully saturated rings. The van der Waals surface area contributed by atoms with E-state index in [2.05, 4.69) is 15.9 Å². The van der Waals surface area contributed by atoms with Crippen molar-refractivity contribution < 1.29 is 9.59 Å². The second-order valence-electron chi connectivity index (χ2n) is 5.02. The lowest BCUT2D eigenvalue weighted by Gasteiger charge is -2.19. The second-order valence-corrected chi connectivity index (χ2v) is 7.02. The summed E-state index contributed by atoms with van der Waals surface area (Å²) in [6, 6.07) is 15.0. The fourth-order valence-electron chi connectivity index (χ4n) is 2.33. The van der Waals surface area contributed by atoms with Crippen LogP contribution in [0, 0.1) is 0 Å². The first-order valence-electron chi connectivity index (χ1n) is 7.21. The van der Waals surface area contributed by atoms with Crippen LogP contribution in [0.3, 0.4) is 0 Å². The molecule has 23 heavy (non-hydrogen) atoms. The van der Waals surface area contributed by atoms with E-state index in [-0.39, 0.29) is 11.7 Å². The number of ketones is 1. The van der Waals surface area contributed by atoms with Crippen LogP contribution in [0.4, 0.5) is 5.69 Å². The smallest absolute Gasteiger partial charge is 0.230 e. The molecule has 0 bridgehead atoms. The van der Waals surface area contributed by atoms with Gasteiger partial charge >= 0.3 is 0 Å². The molecule has 0 aromatic heterocycles. The highest BCUT2D eigenvalue weighted by Gasteiger charge is 2.27. The Bertz CT molecular complexity index is 816. The van der Waals surface area contributed by atoms with Gasteiger partial charge in [0.1, 0.15) is 0 Å². The highest BCUT2D eigenvalue weighted by atomic mass is 79.9. The number of amides is 1. The van der Waals surface area contributed by atoms with Crippen molar-refractivity contribution in [2.45, 2.75) is 18.2 Å². The normalized spacial score (nSPS) is 14.9. The van der Waals surface area contributed by atoms with Crippen molar-refractivity contribution >= 4 is 45.1 Å². The van der Waals surface area contributed by atoms with Crippen LogP contribution in [0.2, 0.25) is 0 Å². The molecule has 0 saturated heterocycles. The van der Waals surface area contributed by atoms with Gasteiger partial charge in [-0.2, -0.15) is 0 Å². The summed E-state index contributed by atoms with van der Waals surface area (Å²) in [6.07, 6.45) is 2.02. The summed E-state index contributed by atoms with van der Waals surface area (Å²) in [5.41, 5.74) is 1.44. The second kappa shape index (κ2) is 6.72. The van der Waals surface area contributed by atoms with Crippen LogP contribution in [0.1, 0.15) is 23.7 Å². The minimum atomic E-state index is -0.0556. The Morgan fingerprint density at radius 1 is 1.22 bits per heavy atom. The number of Topliss-reactive ketones (excluding diaryl/α,β-unsaturated/α-hetero) is 1. The van der Waals surface area contributed by atoms with Gasteiger partial charge < -0.3 is 0 Å². The van der Waals surface area contributed by atoms with Crippen molar-refractivity contribution in [3.05, 3.63) is 69.7 Å². The minimum Gasteiger partial charge on any atom is -0.288 e. The molecule has 3 rings (SSSR count). The molecule has 3 nitrogen and oxygen atoms in total. The highest BCUT2D eigenvalue weighted by Crippen LogP contribution is 2.40. The molecule has 116 valence electrons. The zero-order chi connectivity index (χ0) is 16.4. The lowest BCUT2D eigenvalue weighted by molar-refractivity contribution is -0.117. The van der Waals surface area contributed by atoms with Crippen LogP contribution in [-0.4, -0.2) is 11.7 Å². The average Bonchev–Trinajstić information content (AvgIpc) is 2.88. The Kier molecular flexibility index (Phi) is 4.68. The number of benzene rings is 2. The number of hydrogen-bond acceptors (Lipinski definition) is 3. The van der Waals surface area contributed by atoms with Crippen molar-refractivity contribution in [1.82, 2.24) is 0 Å². The molecule has 1 aliphatic rings. The van der Waals surface area contributed by atoms with Crippen LogP contribution in [0.25, 0.3) is 0 Å². The minimum absolute atomic E-state index is 0.0329. The zero-order valence-corrected chi connectivity index (χ0v) is 14.9. The number of hydrogen-bond donors (Lipinski definition) is 0. The number of thioether (sulfide) groups is 1. The molecular formula is C18H14BrNO2S. The monoisotopic (exact) mass is 387 g/mol. The van der Waals surface area contributed by atoms with Crippen LogP contribution in [0.15, 0.2) is 69.0 Å². The van der Waals surface area contributed by atoms with Gasteiger partial charge in [-0.25, -0.2) is 0 Å². The summed E-state index contributed by atoms with van der Waals surface area (Å²) >= 11 is 4.82. The Hall–Kier alpha value is -1.85. The number of nitrogens with zero attached hydrogens (tertiary/aromatic N) is 1. The molecule has 0 unspecified atom stereocenters. The van der Waals surface area contributed by atoms with E-state index in [4.69, 9.17) is 0 Å². The largest absolute Gasteiger partial charge is 0.288 e. The molecule has 0 atom stereocenters.